The maximum atomic E-state index is 6.25. The monoisotopic (exact) mass is 326 g/mol. The summed E-state index contributed by atoms with van der Waals surface area (Å²) < 4.78 is 8.21. The third kappa shape index (κ3) is 3.18. The fourth-order valence-corrected chi connectivity index (χ4v) is 4.04. The molecule has 24 heavy (non-hydrogen) atoms. The molecule has 1 unspecified atom stereocenters. The van der Waals surface area contributed by atoms with E-state index in [1.54, 1.807) is 6.20 Å². The molecule has 5 heteroatoms. The number of hydrogen-bond donors (Lipinski definition) is 0. The van der Waals surface area contributed by atoms with E-state index in [1.807, 2.05) is 10.9 Å². The van der Waals surface area contributed by atoms with Gasteiger partial charge in [-0.25, -0.2) is 0 Å². The van der Waals surface area contributed by atoms with E-state index in [0.29, 0.717) is 6.04 Å². The summed E-state index contributed by atoms with van der Waals surface area (Å²) in [5, 5.41) is 8.08. The molecule has 5 nitrogen and oxygen atoms in total. The standard InChI is InChI=1S/C19H26N4O/c1-19(2)12-15-6-5-7-16(18(15)24-19)13-22-10-4-3-8-17(22)14-23-11-9-20-21-23/h5-7,9,11,17H,3-4,8,10,12-14H2,1-2H3. The quantitative estimate of drug-likeness (QED) is 0.866. The van der Waals surface area contributed by atoms with Crippen molar-refractivity contribution in [3.63, 3.8) is 0 Å². The molecule has 0 saturated carbocycles. The Labute approximate surface area is 143 Å². The number of benzene rings is 1. The van der Waals surface area contributed by atoms with Gasteiger partial charge in [-0.15, -0.1) is 5.10 Å². The summed E-state index contributed by atoms with van der Waals surface area (Å²) in [5.41, 5.74) is 2.59. The zero-order valence-corrected chi connectivity index (χ0v) is 14.6. The van der Waals surface area contributed by atoms with Crippen molar-refractivity contribution < 1.29 is 4.74 Å². The van der Waals surface area contributed by atoms with Crippen LogP contribution in [0.2, 0.25) is 0 Å². The van der Waals surface area contributed by atoms with Gasteiger partial charge in [0.1, 0.15) is 11.4 Å². The normalized spacial score (nSPS) is 23.0. The Bertz CT molecular complexity index is 695. The van der Waals surface area contributed by atoms with Crippen molar-refractivity contribution in [3.8, 4) is 5.75 Å². The molecule has 0 bridgehead atoms. The van der Waals surface area contributed by atoms with E-state index in [-0.39, 0.29) is 5.60 Å². The van der Waals surface area contributed by atoms with E-state index in [2.05, 4.69) is 47.3 Å². The minimum atomic E-state index is -0.0829. The van der Waals surface area contributed by atoms with E-state index >= 15 is 0 Å². The van der Waals surface area contributed by atoms with Crippen molar-refractivity contribution in [1.29, 1.82) is 0 Å². The average Bonchev–Trinajstić information content (AvgIpc) is 3.15. The Morgan fingerprint density at radius 2 is 2.21 bits per heavy atom. The zero-order chi connectivity index (χ0) is 16.6. The van der Waals surface area contributed by atoms with Gasteiger partial charge in [-0.2, -0.15) is 0 Å². The molecule has 1 fully saturated rings. The largest absolute Gasteiger partial charge is 0.487 e. The van der Waals surface area contributed by atoms with Gasteiger partial charge in [-0.3, -0.25) is 9.58 Å². The highest BCUT2D eigenvalue weighted by atomic mass is 16.5. The molecule has 4 rings (SSSR count). The van der Waals surface area contributed by atoms with Gasteiger partial charge in [0.15, 0.2) is 0 Å². The molecule has 2 aliphatic heterocycles. The Kier molecular flexibility index (Phi) is 4.04. The molecule has 0 N–H and O–H groups in total. The van der Waals surface area contributed by atoms with Gasteiger partial charge in [-0.05, 0) is 38.8 Å². The second-order valence-corrected chi connectivity index (χ2v) is 7.69. The van der Waals surface area contributed by atoms with Crippen molar-refractivity contribution in [2.75, 3.05) is 6.54 Å². The van der Waals surface area contributed by atoms with E-state index in [1.165, 1.54) is 30.4 Å². The highest BCUT2D eigenvalue weighted by Crippen LogP contribution is 2.38. The van der Waals surface area contributed by atoms with Crippen LogP contribution in [0.5, 0.6) is 5.75 Å². The van der Waals surface area contributed by atoms with Crippen LogP contribution in [0.3, 0.4) is 0 Å². The Morgan fingerprint density at radius 1 is 1.29 bits per heavy atom. The lowest BCUT2D eigenvalue weighted by Gasteiger charge is -2.36. The van der Waals surface area contributed by atoms with Crippen LogP contribution in [0.15, 0.2) is 30.6 Å². The van der Waals surface area contributed by atoms with Crippen molar-refractivity contribution in [3.05, 3.63) is 41.7 Å². The molecule has 128 valence electrons. The van der Waals surface area contributed by atoms with E-state index in [0.717, 1.165) is 31.8 Å². The summed E-state index contributed by atoms with van der Waals surface area (Å²) in [5.74, 6) is 1.12. The third-order valence-electron chi connectivity index (χ3n) is 5.16. The highest BCUT2D eigenvalue weighted by Gasteiger charge is 2.32. The second-order valence-electron chi connectivity index (χ2n) is 7.69. The first-order valence-electron chi connectivity index (χ1n) is 8.99. The molecule has 0 amide bonds. The van der Waals surface area contributed by atoms with Gasteiger partial charge in [-0.1, -0.05) is 29.8 Å². The fraction of sp³-hybridized carbons (Fsp3) is 0.579. The number of para-hydroxylation sites is 1. The van der Waals surface area contributed by atoms with Crippen LogP contribution < -0.4 is 4.74 Å². The number of rotatable bonds is 4. The molecule has 0 aliphatic carbocycles. The van der Waals surface area contributed by atoms with E-state index in [4.69, 9.17) is 4.74 Å². The summed E-state index contributed by atoms with van der Waals surface area (Å²) >= 11 is 0. The SMILES string of the molecule is CC1(C)Cc2cccc(CN3CCCCC3Cn3ccnn3)c2O1. The zero-order valence-electron chi connectivity index (χ0n) is 14.6. The molecule has 2 aromatic rings. The molecule has 1 atom stereocenters. The fourth-order valence-electron chi connectivity index (χ4n) is 4.04. The van der Waals surface area contributed by atoms with Gasteiger partial charge in [0, 0.05) is 30.8 Å². The molecule has 1 saturated heterocycles. The Morgan fingerprint density at radius 3 is 3.04 bits per heavy atom. The summed E-state index contributed by atoms with van der Waals surface area (Å²) in [4.78, 5) is 2.59. The molecular formula is C19H26N4O. The number of nitrogens with zero attached hydrogens (tertiary/aromatic N) is 4. The number of piperidine rings is 1. The molecule has 1 aromatic carbocycles. The van der Waals surface area contributed by atoms with Crippen LogP contribution in [0.1, 0.15) is 44.2 Å². The average molecular weight is 326 g/mol. The van der Waals surface area contributed by atoms with Crippen molar-refractivity contribution in [1.82, 2.24) is 19.9 Å². The van der Waals surface area contributed by atoms with Crippen molar-refractivity contribution in [2.45, 2.75) is 64.3 Å². The lowest BCUT2D eigenvalue weighted by Crippen LogP contribution is -2.41. The second kappa shape index (κ2) is 6.20. The van der Waals surface area contributed by atoms with Crippen LogP contribution in [-0.2, 0) is 19.5 Å². The summed E-state index contributed by atoms with van der Waals surface area (Å²) in [6.07, 6.45) is 8.51. The predicted molar refractivity (Wildman–Crippen MR) is 92.9 cm³/mol. The molecule has 0 radical (unpaired) electrons. The number of hydrogen-bond acceptors (Lipinski definition) is 4. The van der Waals surface area contributed by atoms with Gasteiger partial charge in [0.05, 0.1) is 12.7 Å². The Hall–Kier alpha value is -1.88. The first-order valence-corrected chi connectivity index (χ1v) is 8.99. The van der Waals surface area contributed by atoms with Crippen LogP contribution in [0, 0.1) is 0 Å². The van der Waals surface area contributed by atoms with Gasteiger partial charge < -0.3 is 4.74 Å². The molecule has 2 aliphatic rings. The third-order valence-corrected chi connectivity index (χ3v) is 5.16. The lowest BCUT2D eigenvalue weighted by atomic mass is 9.98. The van der Waals surface area contributed by atoms with E-state index in [9.17, 15) is 0 Å². The summed E-state index contributed by atoms with van der Waals surface area (Å²) in [6, 6.07) is 7.12. The minimum Gasteiger partial charge on any atom is -0.487 e. The van der Waals surface area contributed by atoms with Gasteiger partial charge in [0.2, 0.25) is 0 Å². The topological polar surface area (TPSA) is 43.2 Å². The number of ether oxygens (including phenoxy) is 1. The smallest absolute Gasteiger partial charge is 0.127 e. The first kappa shape index (κ1) is 15.6. The van der Waals surface area contributed by atoms with Crippen LogP contribution in [0.25, 0.3) is 0 Å². The lowest BCUT2D eigenvalue weighted by molar-refractivity contribution is 0.113. The molecule has 0 spiro atoms. The first-order chi connectivity index (χ1) is 11.6. The maximum absolute atomic E-state index is 6.25. The van der Waals surface area contributed by atoms with Crippen molar-refractivity contribution in [2.24, 2.45) is 0 Å². The maximum Gasteiger partial charge on any atom is 0.127 e. The molecule has 1 aromatic heterocycles. The highest BCUT2D eigenvalue weighted by molar-refractivity contribution is 5.45. The number of fused-ring (bicyclic) bond motifs is 1. The van der Waals surface area contributed by atoms with Crippen LogP contribution >= 0.6 is 0 Å². The predicted octanol–water partition coefficient (Wildman–Crippen LogP) is 3.05. The summed E-state index contributed by atoms with van der Waals surface area (Å²) in [7, 11) is 0. The van der Waals surface area contributed by atoms with Gasteiger partial charge >= 0.3 is 0 Å². The molecule has 3 heterocycles. The Balaban J connectivity index is 1.53. The van der Waals surface area contributed by atoms with Crippen molar-refractivity contribution >= 4 is 0 Å². The minimum absolute atomic E-state index is 0.0829. The van der Waals surface area contributed by atoms with E-state index < -0.39 is 0 Å². The number of likely N-dealkylation sites (tertiary alicyclic amines) is 1. The molecular weight excluding hydrogens is 300 g/mol. The van der Waals surface area contributed by atoms with Gasteiger partial charge in [0.25, 0.3) is 0 Å². The summed E-state index contributed by atoms with van der Waals surface area (Å²) in [6.45, 7) is 7.36. The number of aromatic nitrogens is 3. The van der Waals surface area contributed by atoms with Crippen LogP contribution in [0.4, 0.5) is 0 Å². The van der Waals surface area contributed by atoms with Crippen LogP contribution in [-0.4, -0.2) is 38.1 Å².